The lowest BCUT2D eigenvalue weighted by Gasteiger charge is -2.22. The number of carbonyl (C=O) groups is 1. The topological polar surface area (TPSA) is 66.8 Å². The van der Waals surface area contributed by atoms with Crippen molar-refractivity contribution in [1.82, 2.24) is 0 Å². The molecule has 4 nitrogen and oxygen atoms in total. The molecule has 182 valence electrons. The maximum atomic E-state index is 11.5. The Balaban J connectivity index is 2.16. The van der Waals surface area contributed by atoms with Crippen molar-refractivity contribution in [3.63, 3.8) is 0 Å². The number of hydrogen-bond acceptors (Lipinski definition) is 4. The third-order valence-corrected chi connectivity index (χ3v) is 6.61. The van der Waals surface area contributed by atoms with Crippen molar-refractivity contribution in [2.24, 2.45) is 11.8 Å². The van der Waals surface area contributed by atoms with Crippen LogP contribution in [0.3, 0.4) is 0 Å². The van der Waals surface area contributed by atoms with Crippen LogP contribution in [0, 0.1) is 11.8 Å². The number of ether oxygens (including phenoxy) is 1. The standard InChI is InChI=1S/C27H50O4/c1-4-5-6-7-8-9-12-15-18-23-24(26(29)21-25(23)28)19-16-13-10-11-14-17-20-27(30)31-22(2)3/h13,16,22-26,28-29H,4-12,14-15,17-21H2,1-3H3/b16-13-/t23-,24-,25-,26-/m1/s1. The fourth-order valence-electron chi connectivity index (χ4n) is 4.82. The van der Waals surface area contributed by atoms with Gasteiger partial charge in [-0.1, -0.05) is 76.9 Å². The predicted octanol–water partition coefficient (Wildman–Crippen LogP) is 6.72. The van der Waals surface area contributed by atoms with Gasteiger partial charge in [-0.15, -0.1) is 0 Å². The van der Waals surface area contributed by atoms with Gasteiger partial charge >= 0.3 is 5.97 Å². The van der Waals surface area contributed by atoms with Gasteiger partial charge < -0.3 is 14.9 Å². The summed E-state index contributed by atoms with van der Waals surface area (Å²) in [5.74, 6) is 0.343. The molecule has 1 fully saturated rings. The van der Waals surface area contributed by atoms with Gasteiger partial charge in [-0.3, -0.25) is 4.79 Å². The van der Waals surface area contributed by atoms with Crippen LogP contribution in [0.15, 0.2) is 12.2 Å². The van der Waals surface area contributed by atoms with E-state index < -0.39 is 0 Å². The number of aliphatic hydroxyl groups excluding tert-OH is 2. The normalized spacial score (nSPS) is 23.8. The Bertz CT molecular complexity index is 474. The van der Waals surface area contributed by atoms with Crippen LogP contribution in [0.5, 0.6) is 0 Å². The Kier molecular flexibility index (Phi) is 16.0. The molecule has 0 bridgehead atoms. The molecule has 0 saturated heterocycles. The fraction of sp³-hybridized carbons (Fsp3) is 0.889. The summed E-state index contributed by atoms with van der Waals surface area (Å²) in [4.78, 5) is 11.5. The third-order valence-electron chi connectivity index (χ3n) is 6.61. The second-order valence-electron chi connectivity index (χ2n) is 9.81. The number of carbonyl (C=O) groups excluding carboxylic acids is 1. The monoisotopic (exact) mass is 438 g/mol. The van der Waals surface area contributed by atoms with Crippen LogP contribution >= 0.6 is 0 Å². The molecule has 4 atom stereocenters. The van der Waals surface area contributed by atoms with Crippen LogP contribution < -0.4 is 0 Å². The van der Waals surface area contributed by atoms with Crippen LogP contribution in [-0.4, -0.2) is 34.5 Å². The first-order valence-electron chi connectivity index (χ1n) is 13.2. The second-order valence-corrected chi connectivity index (χ2v) is 9.81. The highest BCUT2D eigenvalue weighted by atomic mass is 16.5. The third kappa shape index (κ3) is 13.3. The molecule has 31 heavy (non-hydrogen) atoms. The van der Waals surface area contributed by atoms with Crippen molar-refractivity contribution in [2.75, 3.05) is 0 Å². The first-order chi connectivity index (χ1) is 15.0. The minimum atomic E-state index is -0.370. The van der Waals surface area contributed by atoms with Crippen LogP contribution in [0.1, 0.15) is 124 Å². The van der Waals surface area contributed by atoms with E-state index in [1.807, 2.05) is 13.8 Å². The van der Waals surface area contributed by atoms with Crippen LogP contribution in [0.4, 0.5) is 0 Å². The van der Waals surface area contributed by atoms with Crippen molar-refractivity contribution in [3.05, 3.63) is 12.2 Å². The molecule has 0 aromatic carbocycles. The van der Waals surface area contributed by atoms with Crippen molar-refractivity contribution >= 4 is 5.97 Å². The van der Waals surface area contributed by atoms with Gasteiger partial charge in [0.25, 0.3) is 0 Å². The Labute approximate surface area is 191 Å². The van der Waals surface area contributed by atoms with E-state index in [9.17, 15) is 15.0 Å². The summed E-state index contributed by atoms with van der Waals surface area (Å²) < 4.78 is 5.15. The molecule has 0 heterocycles. The molecule has 0 amide bonds. The number of aliphatic hydroxyl groups is 2. The highest BCUT2D eigenvalue weighted by molar-refractivity contribution is 5.69. The number of esters is 1. The Hall–Kier alpha value is -0.870. The summed E-state index contributed by atoms with van der Waals surface area (Å²) in [6.07, 6.45) is 21.0. The molecule has 1 aliphatic rings. The molecule has 0 aliphatic heterocycles. The zero-order valence-electron chi connectivity index (χ0n) is 20.6. The molecule has 1 rings (SSSR count). The van der Waals surface area contributed by atoms with E-state index in [2.05, 4.69) is 19.1 Å². The summed E-state index contributed by atoms with van der Waals surface area (Å²) in [6, 6.07) is 0. The van der Waals surface area contributed by atoms with Gasteiger partial charge in [0, 0.05) is 6.42 Å². The molecule has 0 aromatic heterocycles. The number of hydrogen-bond donors (Lipinski definition) is 2. The maximum absolute atomic E-state index is 11.5. The van der Waals surface area contributed by atoms with E-state index in [0.717, 1.165) is 38.5 Å². The number of unbranched alkanes of at least 4 members (excludes halogenated alkanes) is 10. The van der Waals surface area contributed by atoms with Crippen LogP contribution in [-0.2, 0) is 9.53 Å². The highest BCUT2D eigenvalue weighted by Gasteiger charge is 2.40. The molecule has 0 radical (unpaired) electrons. The van der Waals surface area contributed by atoms with E-state index in [0.29, 0.717) is 12.8 Å². The predicted molar refractivity (Wildman–Crippen MR) is 129 cm³/mol. The molecular weight excluding hydrogens is 388 g/mol. The largest absolute Gasteiger partial charge is 0.463 e. The van der Waals surface area contributed by atoms with Crippen LogP contribution in [0.25, 0.3) is 0 Å². The quantitative estimate of drug-likeness (QED) is 0.141. The van der Waals surface area contributed by atoms with E-state index in [-0.39, 0.29) is 36.1 Å². The fourth-order valence-corrected chi connectivity index (χ4v) is 4.82. The van der Waals surface area contributed by atoms with Crippen molar-refractivity contribution in [1.29, 1.82) is 0 Å². The minimum absolute atomic E-state index is 0.0285. The molecule has 0 spiro atoms. The molecule has 0 aromatic rings. The lowest BCUT2D eigenvalue weighted by atomic mass is 9.86. The highest BCUT2D eigenvalue weighted by Crippen LogP contribution is 2.38. The summed E-state index contributed by atoms with van der Waals surface area (Å²) in [7, 11) is 0. The summed E-state index contributed by atoms with van der Waals surface area (Å²) >= 11 is 0. The molecular formula is C27H50O4. The summed E-state index contributed by atoms with van der Waals surface area (Å²) in [6.45, 7) is 6.01. The van der Waals surface area contributed by atoms with Gasteiger partial charge in [0.15, 0.2) is 0 Å². The van der Waals surface area contributed by atoms with E-state index in [4.69, 9.17) is 4.74 Å². The number of allylic oxidation sites excluding steroid dienone is 2. The van der Waals surface area contributed by atoms with Gasteiger partial charge in [0.05, 0.1) is 18.3 Å². The Morgan fingerprint density at radius 1 is 0.871 bits per heavy atom. The van der Waals surface area contributed by atoms with Crippen molar-refractivity contribution < 1.29 is 19.7 Å². The molecule has 1 aliphatic carbocycles. The maximum Gasteiger partial charge on any atom is 0.306 e. The Morgan fingerprint density at radius 2 is 1.48 bits per heavy atom. The Morgan fingerprint density at radius 3 is 2.16 bits per heavy atom. The SMILES string of the molecule is CCCCCCCCCC[C@@H]1[C@@H](C/C=C\CCCCCC(=O)OC(C)C)[C@H](O)C[C@H]1O. The first kappa shape index (κ1) is 28.2. The van der Waals surface area contributed by atoms with Crippen molar-refractivity contribution in [3.8, 4) is 0 Å². The van der Waals surface area contributed by atoms with Gasteiger partial charge in [0.2, 0.25) is 0 Å². The lowest BCUT2D eigenvalue weighted by Crippen LogP contribution is -2.21. The average Bonchev–Trinajstić information content (AvgIpc) is 2.98. The van der Waals surface area contributed by atoms with Gasteiger partial charge in [-0.05, 0) is 64.2 Å². The zero-order chi connectivity index (χ0) is 22.9. The van der Waals surface area contributed by atoms with E-state index in [1.165, 1.54) is 51.4 Å². The first-order valence-corrected chi connectivity index (χ1v) is 13.2. The van der Waals surface area contributed by atoms with Crippen LogP contribution in [0.2, 0.25) is 0 Å². The van der Waals surface area contributed by atoms with E-state index >= 15 is 0 Å². The average molecular weight is 439 g/mol. The van der Waals surface area contributed by atoms with Gasteiger partial charge in [-0.2, -0.15) is 0 Å². The minimum Gasteiger partial charge on any atom is -0.463 e. The molecule has 4 heteroatoms. The number of rotatable bonds is 18. The van der Waals surface area contributed by atoms with Crippen molar-refractivity contribution in [2.45, 2.75) is 142 Å². The second kappa shape index (κ2) is 17.7. The summed E-state index contributed by atoms with van der Waals surface area (Å²) in [5, 5.41) is 20.8. The van der Waals surface area contributed by atoms with E-state index in [1.54, 1.807) is 0 Å². The smallest absolute Gasteiger partial charge is 0.306 e. The molecule has 0 unspecified atom stereocenters. The lowest BCUT2D eigenvalue weighted by molar-refractivity contribution is -0.147. The molecule has 1 saturated carbocycles. The summed E-state index contributed by atoms with van der Waals surface area (Å²) in [5.41, 5.74) is 0. The van der Waals surface area contributed by atoms with Gasteiger partial charge in [0.1, 0.15) is 0 Å². The van der Waals surface area contributed by atoms with Gasteiger partial charge in [-0.25, -0.2) is 0 Å². The zero-order valence-corrected chi connectivity index (χ0v) is 20.6. The molecule has 2 N–H and O–H groups in total.